The van der Waals surface area contributed by atoms with Gasteiger partial charge in [-0.15, -0.1) is 0 Å². The lowest BCUT2D eigenvalue weighted by atomic mass is 10.1. The van der Waals surface area contributed by atoms with Gasteiger partial charge in [0.2, 0.25) is 5.95 Å². The zero-order valence-corrected chi connectivity index (χ0v) is 15.3. The van der Waals surface area contributed by atoms with E-state index in [0.717, 1.165) is 12.2 Å². The Bertz CT molecular complexity index is 962. The van der Waals surface area contributed by atoms with Crippen molar-refractivity contribution in [2.75, 3.05) is 24.3 Å². The molecule has 0 unspecified atom stereocenters. The van der Waals surface area contributed by atoms with E-state index in [2.05, 4.69) is 20.6 Å². The van der Waals surface area contributed by atoms with Gasteiger partial charge in [-0.3, -0.25) is 4.79 Å². The van der Waals surface area contributed by atoms with Gasteiger partial charge in [0.05, 0.1) is 24.3 Å². The van der Waals surface area contributed by atoms with Crippen molar-refractivity contribution >= 4 is 17.5 Å². The van der Waals surface area contributed by atoms with Crippen LogP contribution in [0.3, 0.4) is 0 Å². The monoisotopic (exact) mass is 373 g/mol. The molecule has 0 aliphatic carbocycles. The normalized spacial score (nSPS) is 10.0. The van der Waals surface area contributed by atoms with Gasteiger partial charge >= 0.3 is 0 Å². The molecule has 28 heavy (non-hydrogen) atoms. The van der Waals surface area contributed by atoms with E-state index in [1.807, 2.05) is 30.3 Å². The number of ether oxygens (including phenoxy) is 1. The summed E-state index contributed by atoms with van der Waals surface area (Å²) in [7, 11) is 1.64. The molecule has 0 aliphatic heterocycles. The number of nitrogens with zero attached hydrogens (tertiary/aromatic N) is 3. The summed E-state index contributed by atoms with van der Waals surface area (Å²) in [6, 6.07) is 16.5. The fourth-order valence-electron chi connectivity index (χ4n) is 2.48. The minimum atomic E-state index is -0.311. The van der Waals surface area contributed by atoms with Crippen LogP contribution >= 0.6 is 0 Å². The number of hydrogen-bond acceptors (Lipinski definition) is 6. The Morgan fingerprint density at radius 1 is 1.07 bits per heavy atom. The summed E-state index contributed by atoms with van der Waals surface area (Å²) < 4.78 is 5.14. The molecule has 0 saturated carbocycles. The lowest BCUT2D eigenvalue weighted by Gasteiger charge is -2.07. The van der Waals surface area contributed by atoms with E-state index < -0.39 is 0 Å². The van der Waals surface area contributed by atoms with Crippen LogP contribution in [-0.4, -0.2) is 29.5 Å². The van der Waals surface area contributed by atoms with Gasteiger partial charge in [0.25, 0.3) is 5.91 Å². The van der Waals surface area contributed by atoms with Crippen LogP contribution in [0.1, 0.15) is 21.5 Å². The Morgan fingerprint density at radius 2 is 1.75 bits per heavy atom. The van der Waals surface area contributed by atoms with E-state index in [0.29, 0.717) is 29.3 Å². The zero-order chi connectivity index (χ0) is 19.8. The molecule has 7 nitrogen and oxygen atoms in total. The van der Waals surface area contributed by atoms with E-state index in [1.54, 1.807) is 31.4 Å². The lowest BCUT2D eigenvalue weighted by molar-refractivity contribution is 0.102. The first-order valence-corrected chi connectivity index (χ1v) is 8.68. The number of carbonyl (C=O) groups excluding carboxylic acids is 1. The van der Waals surface area contributed by atoms with Crippen LogP contribution in [0.25, 0.3) is 0 Å². The molecule has 0 spiro atoms. The highest BCUT2D eigenvalue weighted by molar-refractivity contribution is 6.03. The van der Waals surface area contributed by atoms with Crippen molar-refractivity contribution in [1.82, 2.24) is 9.97 Å². The minimum absolute atomic E-state index is 0.311. The second-order valence-electron chi connectivity index (χ2n) is 5.96. The average Bonchev–Trinajstić information content (AvgIpc) is 2.75. The second kappa shape index (κ2) is 9.14. The van der Waals surface area contributed by atoms with Crippen LogP contribution in [0.15, 0.2) is 60.9 Å². The van der Waals surface area contributed by atoms with Gasteiger partial charge < -0.3 is 15.4 Å². The number of amides is 1. The minimum Gasteiger partial charge on any atom is -0.497 e. The summed E-state index contributed by atoms with van der Waals surface area (Å²) in [6.07, 6.45) is 3.76. The Morgan fingerprint density at radius 3 is 2.36 bits per heavy atom. The van der Waals surface area contributed by atoms with Gasteiger partial charge in [-0.05, 0) is 48.4 Å². The number of anilines is 2. The fourth-order valence-corrected chi connectivity index (χ4v) is 2.48. The Balaban J connectivity index is 1.50. The van der Waals surface area contributed by atoms with Crippen molar-refractivity contribution in [2.45, 2.75) is 6.42 Å². The Kier molecular flexibility index (Phi) is 6.16. The molecule has 7 heteroatoms. The summed E-state index contributed by atoms with van der Waals surface area (Å²) >= 11 is 0. The van der Waals surface area contributed by atoms with Crippen LogP contribution < -0.4 is 15.4 Å². The van der Waals surface area contributed by atoms with Crippen LogP contribution in [0.5, 0.6) is 5.75 Å². The van der Waals surface area contributed by atoms with E-state index in [1.165, 1.54) is 18.0 Å². The van der Waals surface area contributed by atoms with E-state index in [9.17, 15) is 4.79 Å². The number of benzene rings is 2. The molecule has 1 aromatic heterocycles. The highest BCUT2D eigenvalue weighted by Crippen LogP contribution is 2.12. The second-order valence-corrected chi connectivity index (χ2v) is 5.96. The first kappa shape index (κ1) is 18.9. The van der Waals surface area contributed by atoms with Crippen LogP contribution in [-0.2, 0) is 6.42 Å². The number of hydrogen-bond donors (Lipinski definition) is 2. The Hall–Kier alpha value is -3.92. The molecule has 0 bridgehead atoms. The molecule has 1 heterocycles. The number of aromatic nitrogens is 2. The summed E-state index contributed by atoms with van der Waals surface area (Å²) in [4.78, 5) is 20.6. The van der Waals surface area contributed by atoms with Gasteiger partial charge in [-0.25, -0.2) is 9.97 Å². The van der Waals surface area contributed by atoms with E-state index >= 15 is 0 Å². The Labute approximate surface area is 163 Å². The predicted molar refractivity (Wildman–Crippen MR) is 106 cm³/mol. The first-order chi connectivity index (χ1) is 13.7. The third-order valence-electron chi connectivity index (χ3n) is 4.04. The maximum atomic E-state index is 12.2. The molecule has 0 radical (unpaired) electrons. The van der Waals surface area contributed by atoms with Crippen LogP contribution in [0.4, 0.5) is 11.6 Å². The first-order valence-electron chi connectivity index (χ1n) is 8.68. The van der Waals surface area contributed by atoms with Crippen molar-refractivity contribution < 1.29 is 9.53 Å². The molecule has 0 saturated heterocycles. The summed E-state index contributed by atoms with van der Waals surface area (Å²) in [5, 5.41) is 14.7. The number of nitriles is 1. The number of methoxy groups -OCH3 is 1. The molecule has 140 valence electrons. The zero-order valence-electron chi connectivity index (χ0n) is 15.3. The standard InChI is InChI=1S/C21H19N5O2/c1-28-19-8-4-15(5-9-19)10-11-23-21-24-13-17(14-25-21)20(27)26-18-6-2-16(12-22)3-7-18/h2-9,13-14H,10-11H2,1H3,(H,26,27)(H,23,24,25). The van der Waals surface area contributed by atoms with Gasteiger partial charge in [-0.2, -0.15) is 5.26 Å². The molecular formula is C21H19N5O2. The third-order valence-corrected chi connectivity index (χ3v) is 4.04. The maximum Gasteiger partial charge on any atom is 0.258 e. The van der Waals surface area contributed by atoms with Gasteiger partial charge in [0.1, 0.15) is 5.75 Å². The molecule has 1 amide bonds. The molecule has 0 aliphatic rings. The highest BCUT2D eigenvalue weighted by atomic mass is 16.5. The topological polar surface area (TPSA) is 99.9 Å². The number of carbonyl (C=O) groups is 1. The molecule has 2 N–H and O–H groups in total. The highest BCUT2D eigenvalue weighted by Gasteiger charge is 2.08. The summed E-state index contributed by atoms with van der Waals surface area (Å²) in [5.41, 5.74) is 2.66. The van der Waals surface area contributed by atoms with Crippen molar-refractivity contribution in [3.05, 3.63) is 77.6 Å². The molecule has 3 aromatic rings. The van der Waals surface area contributed by atoms with Gasteiger partial charge in [-0.1, -0.05) is 12.1 Å². The van der Waals surface area contributed by atoms with Crippen molar-refractivity contribution in [3.8, 4) is 11.8 Å². The maximum absolute atomic E-state index is 12.2. The fraction of sp³-hybridized carbons (Fsp3) is 0.143. The van der Waals surface area contributed by atoms with Crippen molar-refractivity contribution in [1.29, 1.82) is 5.26 Å². The van der Waals surface area contributed by atoms with Crippen molar-refractivity contribution in [2.24, 2.45) is 0 Å². The van der Waals surface area contributed by atoms with Crippen molar-refractivity contribution in [3.63, 3.8) is 0 Å². The van der Waals surface area contributed by atoms with E-state index in [4.69, 9.17) is 10.00 Å². The number of nitrogens with one attached hydrogen (secondary N) is 2. The molecule has 0 atom stereocenters. The largest absolute Gasteiger partial charge is 0.497 e. The predicted octanol–water partition coefficient (Wildman–Crippen LogP) is 3.26. The quantitative estimate of drug-likeness (QED) is 0.659. The van der Waals surface area contributed by atoms with Crippen LogP contribution in [0, 0.1) is 11.3 Å². The smallest absolute Gasteiger partial charge is 0.258 e. The summed E-state index contributed by atoms with van der Waals surface area (Å²) in [5.74, 6) is 0.979. The molecule has 2 aromatic carbocycles. The van der Waals surface area contributed by atoms with Gasteiger partial charge in [0, 0.05) is 24.6 Å². The summed E-state index contributed by atoms with van der Waals surface area (Å²) in [6.45, 7) is 0.670. The van der Waals surface area contributed by atoms with Gasteiger partial charge in [0.15, 0.2) is 0 Å². The third kappa shape index (κ3) is 5.05. The number of rotatable bonds is 7. The van der Waals surface area contributed by atoms with Crippen LogP contribution in [0.2, 0.25) is 0 Å². The lowest BCUT2D eigenvalue weighted by Crippen LogP contribution is -2.14. The molecule has 3 rings (SSSR count). The molecular weight excluding hydrogens is 354 g/mol. The van der Waals surface area contributed by atoms with E-state index in [-0.39, 0.29) is 5.91 Å². The molecule has 0 fully saturated rings. The SMILES string of the molecule is COc1ccc(CCNc2ncc(C(=O)Nc3ccc(C#N)cc3)cn2)cc1. The average molecular weight is 373 g/mol.